The summed E-state index contributed by atoms with van der Waals surface area (Å²) in [6.07, 6.45) is 2.05. The molecule has 1 fully saturated rings. The van der Waals surface area contributed by atoms with E-state index in [1.54, 1.807) is 4.90 Å². The number of amides is 1. The van der Waals surface area contributed by atoms with Crippen LogP contribution in [0.1, 0.15) is 58.1 Å². The smallest absolute Gasteiger partial charge is 0.410 e. The molecule has 2 aliphatic rings. The van der Waals surface area contributed by atoms with Gasteiger partial charge in [0.25, 0.3) is 0 Å². The molecule has 6 nitrogen and oxygen atoms in total. The zero-order valence-electron chi connectivity index (χ0n) is 20.7. The van der Waals surface area contributed by atoms with Crippen molar-refractivity contribution in [3.8, 4) is 11.1 Å². The second kappa shape index (κ2) is 9.41. The van der Waals surface area contributed by atoms with E-state index in [0.29, 0.717) is 19.5 Å². The Hall–Kier alpha value is -2.86. The molecule has 0 unspecified atom stereocenters. The molecular formula is C28H36N2O4. The molecule has 1 atom stereocenters. The number of carboxylic acid groups (broad SMARTS) is 1. The lowest BCUT2D eigenvalue weighted by Gasteiger charge is -2.40. The third-order valence-electron chi connectivity index (χ3n) is 7.09. The Morgan fingerprint density at radius 3 is 2.12 bits per heavy atom. The first-order valence-electron chi connectivity index (χ1n) is 12.3. The molecular weight excluding hydrogens is 428 g/mol. The topological polar surface area (TPSA) is 70.1 Å². The molecule has 1 saturated heterocycles. The van der Waals surface area contributed by atoms with Gasteiger partial charge in [-0.3, -0.25) is 9.69 Å². The third kappa shape index (κ3) is 4.56. The molecule has 182 valence electrons. The van der Waals surface area contributed by atoms with Crippen LogP contribution in [-0.2, 0) is 14.9 Å². The van der Waals surface area contributed by atoms with Crippen LogP contribution >= 0.6 is 0 Å². The summed E-state index contributed by atoms with van der Waals surface area (Å²) in [5.74, 6) is -0.774. The van der Waals surface area contributed by atoms with Gasteiger partial charge >= 0.3 is 12.1 Å². The van der Waals surface area contributed by atoms with Crippen LogP contribution in [0, 0.1) is 0 Å². The van der Waals surface area contributed by atoms with E-state index in [1.165, 1.54) is 0 Å². The molecule has 2 aromatic rings. The van der Waals surface area contributed by atoms with Crippen molar-refractivity contribution in [2.75, 3.05) is 26.2 Å². The van der Waals surface area contributed by atoms with Gasteiger partial charge in [-0.05, 0) is 69.3 Å². The van der Waals surface area contributed by atoms with Crippen molar-refractivity contribution in [1.82, 2.24) is 9.80 Å². The standard InChI is InChI=1S/C28H36N2O4/c1-20-19-30(26(33)34-27(2,3)4)18-17-29(20)16-10-9-15-28(25(31)32)23-13-7-5-11-21(23)22-12-6-8-14-24(22)28/h5-8,11-14,20H,9-10,15-19H2,1-4H3,(H,31,32)/t20-/m0/s1. The van der Waals surface area contributed by atoms with E-state index in [9.17, 15) is 14.7 Å². The Morgan fingerprint density at radius 2 is 1.59 bits per heavy atom. The van der Waals surface area contributed by atoms with E-state index in [2.05, 4.69) is 11.8 Å². The number of hydrogen-bond donors (Lipinski definition) is 1. The number of hydrogen-bond acceptors (Lipinski definition) is 4. The minimum absolute atomic E-state index is 0.239. The highest BCUT2D eigenvalue weighted by Gasteiger charge is 2.48. The normalized spacial score (nSPS) is 19.4. The lowest BCUT2D eigenvalue weighted by Crippen LogP contribution is -2.54. The van der Waals surface area contributed by atoms with Gasteiger partial charge in [0.15, 0.2) is 0 Å². The Labute approximate surface area is 202 Å². The number of piperazine rings is 1. The molecule has 1 aliphatic heterocycles. The van der Waals surface area contributed by atoms with Crippen LogP contribution in [0.5, 0.6) is 0 Å². The average Bonchev–Trinajstić information content (AvgIpc) is 3.07. The zero-order valence-corrected chi connectivity index (χ0v) is 20.7. The van der Waals surface area contributed by atoms with Crippen molar-refractivity contribution in [2.45, 2.75) is 64.0 Å². The maximum Gasteiger partial charge on any atom is 0.410 e. The molecule has 0 bridgehead atoms. The number of carboxylic acids is 1. The summed E-state index contributed by atoms with van der Waals surface area (Å²) < 4.78 is 5.52. The van der Waals surface area contributed by atoms with Crippen molar-refractivity contribution in [1.29, 1.82) is 0 Å². The average molecular weight is 465 g/mol. The van der Waals surface area contributed by atoms with Crippen LogP contribution in [-0.4, -0.2) is 64.8 Å². The van der Waals surface area contributed by atoms with Crippen LogP contribution in [0.15, 0.2) is 48.5 Å². The monoisotopic (exact) mass is 464 g/mol. The maximum atomic E-state index is 12.7. The molecule has 4 rings (SSSR count). The van der Waals surface area contributed by atoms with E-state index in [1.807, 2.05) is 69.3 Å². The number of rotatable bonds is 6. The quantitative estimate of drug-likeness (QED) is 0.599. The van der Waals surface area contributed by atoms with E-state index in [-0.39, 0.29) is 12.1 Å². The van der Waals surface area contributed by atoms with Gasteiger partial charge in [-0.15, -0.1) is 0 Å². The van der Waals surface area contributed by atoms with Gasteiger partial charge in [-0.1, -0.05) is 55.0 Å². The summed E-state index contributed by atoms with van der Waals surface area (Å²) in [7, 11) is 0. The Bertz CT molecular complexity index is 1010. The second-order valence-electron chi connectivity index (χ2n) is 10.6. The third-order valence-corrected chi connectivity index (χ3v) is 7.09. The molecule has 1 heterocycles. The number of nitrogens with zero attached hydrogens (tertiary/aromatic N) is 2. The van der Waals surface area contributed by atoms with Crippen molar-refractivity contribution < 1.29 is 19.4 Å². The number of aliphatic carboxylic acids is 1. The van der Waals surface area contributed by atoms with Gasteiger partial charge in [0.05, 0.1) is 0 Å². The van der Waals surface area contributed by atoms with Crippen molar-refractivity contribution in [2.24, 2.45) is 0 Å². The lowest BCUT2D eigenvalue weighted by molar-refractivity contribution is -0.142. The highest BCUT2D eigenvalue weighted by Crippen LogP contribution is 2.51. The highest BCUT2D eigenvalue weighted by atomic mass is 16.6. The highest BCUT2D eigenvalue weighted by molar-refractivity contribution is 5.97. The summed E-state index contributed by atoms with van der Waals surface area (Å²) >= 11 is 0. The predicted molar refractivity (Wildman–Crippen MR) is 133 cm³/mol. The molecule has 1 N–H and O–H groups in total. The van der Waals surface area contributed by atoms with Crippen molar-refractivity contribution >= 4 is 12.1 Å². The molecule has 1 aliphatic carbocycles. The molecule has 0 spiro atoms. The molecule has 0 saturated carbocycles. The summed E-state index contributed by atoms with van der Waals surface area (Å²) in [6.45, 7) is 10.8. The van der Waals surface area contributed by atoms with Gasteiger partial charge < -0.3 is 14.7 Å². The second-order valence-corrected chi connectivity index (χ2v) is 10.6. The van der Waals surface area contributed by atoms with Crippen LogP contribution in [0.4, 0.5) is 4.79 Å². The molecule has 2 aromatic carbocycles. The maximum absolute atomic E-state index is 12.7. The van der Waals surface area contributed by atoms with Gasteiger partial charge in [0.2, 0.25) is 0 Å². The molecule has 34 heavy (non-hydrogen) atoms. The van der Waals surface area contributed by atoms with Crippen LogP contribution in [0.3, 0.4) is 0 Å². The number of ether oxygens (including phenoxy) is 1. The number of carbonyl (C=O) groups excluding carboxylic acids is 1. The van der Waals surface area contributed by atoms with Crippen LogP contribution in [0.2, 0.25) is 0 Å². The van der Waals surface area contributed by atoms with Crippen molar-refractivity contribution in [3.63, 3.8) is 0 Å². The number of unbranched alkanes of at least 4 members (excludes halogenated alkanes) is 1. The number of carbonyl (C=O) groups is 2. The van der Waals surface area contributed by atoms with Crippen LogP contribution in [0.25, 0.3) is 11.1 Å². The summed E-state index contributed by atoms with van der Waals surface area (Å²) in [5.41, 5.74) is 2.40. The Morgan fingerprint density at radius 1 is 1.00 bits per heavy atom. The minimum atomic E-state index is -0.992. The first kappa shape index (κ1) is 24.3. The van der Waals surface area contributed by atoms with E-state index in [4.69, 9.17) is 4.74 Å². The predicted octanol–water partition coefficient (Wildman–Crippen LogP) is 5.15. The molecule has 6 heteroatoms. The summed E-state index contributed by atoms with van der Waals surface area (Å²) in [4.78, 5) is 29.3. The first-order valence-corrected chi connectivity index (χ1v) is 12.3. The molecule has 0 radical (unpaired) electrons. The van der Waals surface area contributed by atoms with Gasteiger partial charge in [-0.2, -0.15) is 0 Å². The Balaban J connectivity index is 1.38. The number of fused-ring (bicyclic) bond motifs is 3. The Kier molecular flexibility index (Phi) is 6.72. The van der Waals surface area contributed by atoms with E-state index >= 15 is 0 Å². The SMILES string of the molecule is C[C@H]1CN(C(=O)OC(C)(C)C)CCN1CCCCC1(C(=O)O)c2ccccc2-c2ccccc21. The summed E-state index contributed by atoms with van der Waals surface area (Å²) in [6, 6.07) is 16.1. The number of benzene rings is 2. The minimum Gasteiger partial charge on any atom is -0.480 e. The largest absolute Gasteiger partial charge is 0.480 e. The van der Waals surface area contributed by atoms with Gasteiger partial charge in [-0.25, -0.2) is 4.79 Å². The zero-order chi connectivity index (χ0) is 24.5. The van der Waals surface area contributed by atoms with Gasteiger partial charge in [0, 0.05) is 25.7 Å². The fraction of sp³-hybridized carbons (Fsp3) is 0.500. The van der Waals surface area contributed by atoms with Crippen molar-refractivity contribution in [3.05, 3.63) is 59.7 Å². The molecule has 0 aromatic heterocycles. The van der Waals surface area contributed by atoms with E-state index in [0.717, 1.165) is 48.2 Å². The van der Waals surface area contributed by atoms with E-state index < -0.39 is 17.0 Å². The lowest BCUT2D eigenvalue weighted by atomic mass is 9.74. The first-order chi connectivity index (χ1) is 16.1. The van der Waals surface area contributed by atoms with Crippen LogP contribution < -0.4 is 0 Å². The molecule has 1 amide bonds. The van der Waals surface area contributed by atoms with Gasteiger partial charge in [0.1, 0.15) is 11.0 Å². The summed E-state index contributed by atoms with van der Waals surface area (Å²) in [5, 5.41) is 10.4. The fourth-order valence-electron chi connectivity index (χ4n) is 5.46. The fourth-order valence-corrected chi connectivity index (χ4v) is 5.46.